The quantitative estimate of drug-likeness (QED) is 0.794. The first kappa shape index (κ1) is 17.6. The van der Waals surface area contributed by atoms with Gasteiger partial charge in [0.15, 0.2) is 6.29 Å². The van der Waals surface area contributed by atoms with E-state index in [1.54, 1.807) is 0 Å². The number of hydrogen-bond donors (Lipinski definition) is 1. The van der Waals surface area contributed by atoms with Gasteiger partial charge in [-0.05, 0) is 32.6 Å². The minimum Gasteiger partial charge on any atom is -0.383 e. The van der Waals surface area contributed by atoms with Gasteiger partial charge in [0, 0.05) is 24.2 Å². The first-order valence-corrected chi connectivity index (χ1v) is 10.2. The minimum atomic E-state index is -0.0843. The lowest BCUT2D eigenvalue weighted by molar-refractivity contribution is -0.0179. The average molecular weight is 382 g/mol. The van der Waals surface area contributed by atoms with Gasteiger partial charge in [0.1, 0.15) is 11.9 Å². The number of hydrogen-bond acceptors (Lipinski definition) is 7. The number of rotatable bonds is 5. The molecule has 28 heavy (non-hydrogen) atoms. The fourth-order valence-corrected chi connectivity index (χ4v) is 4.10. The second kappa shape index (κ2) is 6.84. The highest BCUT2D eigenvalue weighted by molar-refractivity contribution is 5.84. The van der Waals surface area contributed by atoms with E-state index in [1.807, 2.05) is 10.9 Å². The maximum Gasteiger partial charge on any atom is 0.227 e. The first-order chi connectivity index (χ1) is 13.6. The van der Waals surface area contributed by atoms with Crippen LogP contribution in [0.5, 0.6) is 0 Å². The Hall–Kier alpha value is -2.48. The van der Waals surface area contributed by atoms with Crippen LogP contribution in [0.15, 0.2) is 12.4 Å². The van der Waals surface area contributed by atoms with Crippen LogP contribution in [0.25, 0.3) is 0 Å². The third-order valence-corrected chi connectivity index (χ3v) is 6.06. The summed E-state index contributed by atoms with van der Waals surface area (Å²) >= 11 is 0. The number of aldehydes is 1. The van der Waals surface area contributed by atoms with Crippen molar-refractivity contribution < 1.29 is 9.53 Å². The fourth-order valence-electron chi connectivity index (χ4n) is 4.10. The molecule has 0 radical (unpaired) electrons. The highest BCUT2D eigenvalue weighted by Crippen LogP contribution is 2.39. The molecule has 2 N–H and O–H groups in total. The van der Waals surface area contributed by atoms with E-state index < -0.39 is 0 Å². The van der Waals surface area contributed by atoms with Crippen LogP contribution < -0.4 is 10.6 Å². The topological polar surface area (TPSA) is 99.2 Å². The van der Waals surface area contributed by atoms with Crippen LogP contribution in [0.3, 0.4) is 0 Å². The molecule has 2 aliphatic carbocycles. The standard InChI is InChI=1S/C20H26N6O2/c1-12-8-25(10-17(28-12)14-7-22-26(9-14)15-5-6-15)20-23-18(13-3-2-4-13)16(11-27)19(21)24-20/h7,9,11-13,15,17H,2-6,8,10H2,1H3,(H2,21,23,24)/t12-,17-/m1/s1. The van der Waals surface area contributed by atoms with Gasteiger partial charge in [-0.1, -0.05) is 6.42 Å². The number of anilines is 2. The van der Waals surface area contributed by atoms with E-state index in [2.05, 4.69) is 28.1 Å². The molecule has 2 saturated carbocycles. The van der Waals surface area contributed by atoms with Gasteiger partial charge in [0.2, 0.25) is 5.95 Å². The van der Waals surface area contributed by atoms with Gasteiger partial charge in [0.25, 0.3) is 0 Å². The van der Waals surface area contributed by atoms with E-state index in [9.17, 15) is 4.79 Å². The van der Waals surface area contributed by atoms with Crippen molar-refractivity contribution in [2.45, 2.75) is 63.2 Å². The molecule has 3 heterocycles. The Balaban J connectivity index is 1.42. The molecule has 2 aromatic rings. The number of nitrogens with two attached hydrogens (primary N) is 1. The molecule has 3 fully saturated rings. The van der Waals surface area contributed by atoms with Gasteiger partial charge in [-0.2, -0.15) is 10.1 Å². The van der Waals surface area contributed by atoms with E-state index in [0.717, 1.165) is 30.4 Å². The molecule has 0 bridgehead atoms. The number of morpholine rings is 1. The Morgan fingerprint density at radius 2 is 2.04 bits per heavy atom. The highest BCUT2D eigenvalue weighted by Gasteiger charge is 2.32. The SMILES string of the molecule is C[C@@H]1CN(c2nc(N)c(C=O)c(C3CCC3)n2)C[C@H](c2cnn(C3CC3)c2)O1. The molecule has 2 aromatic heterocycles. The molecule has 0 amide bonds. The van der Waals surface area contributed by atoms with Crippen molar-refractivity contribution in [3.8, 4) is 0 Å². The summed E-state index contributed by atoms with van der Waals surface area (Å²) in [6, 6.07) is 0.551. The van der Waals surface area contributed by atoms with Crippen LogP contribution in [0.2, 0.25) is 0 Å². The zero-order valence-corrected chi connectivity index (χ0v) is 16.1. The van der Waals surface area contributed by atoms with E-state index in [1.165, 1.54) is 19.3 Å². The molecular weight excluding hydrogens is 356 g/mol. The Labute approximate surface area is 164 Å². The third kappa shape index (κ3) is 3.15. The second-order valence-corrected chi connectivity index (χ2v) is 8.28. The van der Waals surface area contributed by atoms with Crippen molar-refractivity contribution in [1.82, 2.24) is 19.7 Å². The van der Waals surface area contributed by atoms with E-state index >= 15 is 0 Å². The smallest absolute Gasteiger partial charge is 0.227 e. The molecule has 8 nitrogen and oxygen atoms in total. The largest absolute Gasteiger partial charge is 0.383 e. The Morgan fingerprint density at radius 3 is 2.71 bits per heavy atom. The lowest BCUT2D eigenvalue weighted by Crippen LogP contribution is -2.44. The molecule has 0 aromatic carbocycles. The lowest BCUT2D eigenvalue weighted by atomic mass is 9.81. The molecule has 148 valence electrons. The maximum atomic E-state index is 11.5. The summed E-state index contributed by atoms with van der Waals surface area (Å²) in [5.74, 6) is 1.19. The van der Waals surface area contributed by atoms with Crippen molar-refractivity contribution in [2.75, 3.05) is 23.7 Å². The number of ether oxygens (including phenoxy) is 1. The van der Waals surface area contributed by atoms with Crippen LogP contribution in [-0.4, -0.2) is 45.2 Å². The van der Waals surface area contributed by atoms with Gasteiger partial charge in [-0.3, -0.25) is 9.48 Å². The average Bonchev–Trinajstić information content (AvgIpc) is 3.36. The number of carbonyl (C=O) groups excluding carboxylic acids is 1. The predicted molar refractivity (Wildman–Crippen MR) is 104 cm³/mol. The zero-order chi connectivity index (χ0) is 19.3. The molecule has 0 spiro atoms. The number of nitrogens with zero attached hydrogens (tertiary/aromatic N) is 5. The molecule has 3 aliphatic rings. The summed E-state index contributed by atoms with van der Waals surface area (Å²) in [6.07, 6.45) is 10.4. The summed E-state index contributed by atoms with van der Waals surface area (Å²) in [5.41, 5.74) is 8.47. The normalized spacial score (nSPS) is 25.5. The monoisotopic (exact) mass is 382 g/mol. The minimum absolute atomic E-state index is 0.0331. The van der Waals surface area contributed by atoms with E-state index in [-0.39, 0.29) is 18.0 Å². The number of aromatic nitrogens is 4. The van der Waals surface area contributed by atoms with Gasteiger partial charge < -0.3 is 15.4 Å². The molecule has 8 heteroatoms. The van der Waals surface area contributed by atoms with Crippen molar-refractivity contribution in [1.29, 1.82) is 0 Å². The van der Waals surface area contributed by atoms with Gasteiger partial charge >= 0.3 is 0 Å². The summed E-state index contributed by atoms with van der Waals surface area (Å²) in [6.45, 7) is 3.39. The second-order valence-electron chi connectivity index (χ2n) is 8.28. The van der Waals surface area contributed by atoms with E-state index in [0.29, 0.717) is 36.6 Å². The van der Waals surface area contributed by atoms with Crippen molar-refractivity contribution in [3.63, 3.8) is 0 Å². The van der Waals surface area contributed by atoms with Crippen LogP contribution in [0.4, 0.5) is 11.8 Å². The third-order valence-electron chi connectivity index (χ3n) is 6.06. The molecule has 0 unspecified atom stereocenters. The Kier molecular flexibility index (Phi) is 4.30. The van der Waals surface area contributed by atoms with Crippen LogP contribution in [0, 0.1) is 0 Å². The molecule has 1 aliphatic heterocycles. The maximum absolute atomic E-state index is 11.5. The number of nitrogen functional groups attached to an aromatic ring is 1. The van der Waals surface area contributed by atoms with Crippen LogP contribution in [0.1, 0.15) is 78.7 Å². The molecule has 1 saturated heterocycles. The fraction of sp³-hybridized carbons (Fsp3) is 0.600. The first-order valence-electron chi connectivity index (χ1n) is 10.2. The summed E-state index contributed by atoms with van der Waals surface area (Å²) < 4.78 is 8.23. The molecular formula is C20H26N6O2. The van der Waals surface area contributed by atoms with Crippen molar-refractivity contribution >= 4 is 18.1 Å². The van der Waals surface area contributed by atoms with Crippen molar-refractivity contribution in [2.24, 2.45) is 0 Å². The highest BCUT2D eigenvalue weighted by atomic mass is 16.5. The molecule has 2 atom stereocenters. The Morgan fingerprint density at radius 1 is 1.21 bits per heavy atom. The summed E-state index contributed by atoms with van der Waals surface area (Å²) in [7, 11) is 0. The van der Waals surface area contributed by atoms with Gasteiger partial charge in [-0.25, -0.2) is 4.98 Å². The lowest BCUT2D eigenvalue weighted by Gasteiger charge is -2.37. The van der Waals surface area contributed by atoms with Crippen molar-refractivity contribution in [3.05, 3.63) is 29.2 Å². The molecule has 5 rings (SSSR count). The zero-order valence-electron chi connectivity index (χ0n) is 16.1. The van der Waals surface area contributed by atoms with Crippen LogP contribution >= 0.6 is 0 Å². The summed E-state index contributed by atoms with van der Waals surface area (Å²) in [4.78, 5) is 22.9. The number of carbonyl (C=O) groups is 1. The summed E-state index contributed by atoms with van der Waals surface area (Å²) in [5, 5.41) is 4.50. The predicted octanol–water partition coefficient (Wildman–Crippen LogP) is 2.64. The van der Waals surface area contributed by atoms with Gasteiger partial charge in [-0.15, -0.1) is 0 Å². The van der Waals surface area contributed by atoms with E-state index in [4.69, 9.17) is 15.5 Å². The van der Waals surface area contributed by atoms with Gasteiger partial charge in [0.05, 0.1) is 36.1 Å². The Bertz CT molecular complexity index is 889. The van der Waals surface area contributed by atoms with Crippen LogP contribution in [-0.2, 0) is 4.74 Å².